The summed E-state index contributed by atoms with van der Waals surface area (Å²) in [5.74, 6) is 1.69. The summed E-state index contributed by atoms with van der Waals surface area (Å²) < 4.78 is 2.40. The van der Waals surface area contributed by atoms with E-state index in [1.165, 1.54) is 22.4 Å². The summed E-state index contributed by atoms with van der Waals surface area (Å²) in [7, 11) is 0. The molecule has 5 aromatic carbocycles. The summed E-state index contributed by atoms with van der Waals surface area (Å²) in [5, 5.41) is 5.78. The predicted molar refractivity (Wildman–Crippen MR) is 243 cm³/mol. The molecule has 1 aromatic heterocycles. The van der Waals surface area contributed by atoms with Crippen molar-refractivity contribution in [2.24, 2.45) is 15.9 Å². The first kappa shape index (κ1) is 35.8. The molecule has 6 heteroatoms. The molecule has 3 atom stereocenters. The Balaban J connectivity index is 1.19. The van der Waals surface area contributed by atoms with E-state index in [0.29, 0.717) is 17.8 Å². The van der Waals surface area contributed by atoms with Crippen LogP contribution in [0.15, 0.2) is 197 Å². The average Bonchev–Trinajstić information content (AvgIpc) is 3.64. The van der Waals surface area contributed by atoms with Crippen LogP contribution in [0.2, 0.25) is 0 Å². The summed E-state index contributed by atoms with van der Waals surface area (Å²) in [5.41, 5.74) is 12.3. The van der Waals surface area contributed by atoms with Crippen molar-refractivity contribution < 1.29 is 0 Å². The summed E-state index contributed by atoms with van der Waals surface area (Å²) in [6.07, 6.45) is 21.3. The van der Waals surface area contributed by atoms with Gasteiger partial charge < -0.3 is 9.88 Å². The monoisotopic (exact) mass is 760 g/mol. The van der Waals surface area contributed by atoms with E-state index in [1.807, 2.05) is 30.3 Å². The largest absolute Gasteiger partial charge is 0.348 e. The smallest absolute Gasteiger partial charge is 0.188 e. The fourth-order valence-electron chi connectivity index (χ4n) is 8.91. The number of aromatic nitrogens is 1. The van der Waals surface area contributed by atoms with E-state index in [-0.39, 0.29) is 18.0 Å². The lowest BCUT2D eigenvalue weighted by Gasteiger charge is -2.34. The fraction of sp³-hybridized carbons (Fsp3) is 0.132. The third-order valence-corrected chi connectivity index (χ3v) is 11.8. The highest BCUT2D eigenvalue weighted by atomic mass is 15.2. The molecule has 10 rings (SSSR count). The lowest BCUT2D eigenvalue weighted by molar-refractivity contribution is 0.474. The maximum absolute atomic E-state index is 7.84. The van der Waals surface area contributed by atoms with Crippen molar-refractivity contribution in [2.45, 2.75) is 37.8 Å². The Labute approximate surface area is 344 Å². The highest BCUT2D eigenvalue weighted by Crippen LogP contribution is 2.48. The molecule has 6 nitrogen and oxygen atoms in total. The molecule has 0 fully saturated rings. The van der Waals surface area contributed by atoms with Gasteiger partial charge in [0.05, 0.1) is 24.2 Å². The molecule has 282 valence electrons. The third kappa shape index (κ3) is 6.75. The van der Waals surface area contributed by atoms with Crippen LogP contribution in [0.1, 0.15) is 42.7 Å². The molecule has 3 aliphatic carbocycles. The van der Waals surface area contributed by atoms with Gasteiger partial charge in [-0.15, -0.1) is 0 Å². The van der Waals surface area contributed by atoms with Gasteiger partial charge >= 0.3 is 0 Å². The highest BCUT2D eigenvalue weighted by molar-refractivity contribution is 6.15. The van der Waals surface area contributed by atoms with E-state index in [4.69, 9.17) is 23.1 Å². The summed E-state index contributed by atoms with van der Waals surface area (Å²) in [6.45, 7) is 15.7. The second-order valence-electron chi connectivity index (χ2n) is 15.4. The molecule has 0 saturated heterocycles. The summed E-state index contributed by atoms with van der Waals surface area (Å²) in [6, 6.07) is 41.8. The number of amidine groups is 2. The number of hydrogen-bond donors (Lipinski definition) is 1. The van der Waals surface area contributed by atoms with Crippen LogP contribution >= 0.6 is 0 Å². The van der Waals surface area contributed by atoms with E-state index < -0.39 is 0 Å². The number of nitrogens with zero attached hydrogens (tertiary/aromatic N) is 5. The number of hydrogen-bond acceptors (Lipinski definition) is 3. The van der Waals surface area contributed by atoms with Gasteiger partial charge in [-0.2, -0.15) is 0 Å². The van der Waals surface area contributed by atoms with Crippen molar-refractivity contribution in [3.05, 3.63) is 221 Å². The molecular formula is C53H40N6. The SMILES string of the molecule is [C-]#[N+]c1ccc2c(c1)c1cc([N+]#[C-])ccc1n2C1=C(C2=CCCC=C2)C=C(C2=NC(c3ccc(-c4ccccc4)cc3)=N[C@@H](C3C=CC=CC3)N2)CC1c1ccccc1. The van der Waals surface area contributed by atoms with Gasteiger partial charge in [0.2, 0.25) is 0 Å². The minimum absolute atomic E-state index is 0.0600. The Kier molecular flexibility index (Phi) is 9.37. The van der Waals surface area contributed by atoms with Crippen molar-refractivity contribution in [1.82, 2.24) is 9.88 Å². The third-order valence-electron chi connectivity index (χ3n) is 11.8. The maximum atomic E-state index is 7.84. The molecule has 1 aliphatic heterocycles. The minimum atomic E-state index is -0.197. The van der Waals surface area contributed by atoms with Crippen molar-refractivity contribution in [3.63, 3.8) is 0 Å². The zero-order chi connectivity index (χ0) is 39.7. The van der Waals surface area contributed by atoms with Crippen LogP contribution in [-0.2, 0) is 0 Å². The zero-order valence-electron chi connectivity index (χ0n) is 32.5. The normalized spacial score (nSPS) is 20.0. The first-order chi connectivity index (χ1) is 29.1. The van der Waals surface area contributed by atoms with Gasteiger partial charge in [-0.25, -0.2) is 19.7 Å². The van der Waals surface area contributed by atoms with E-state index in [0.717, 1.165) is 75.0 Å². The summed E-state index contributed by atoms with van der Waals surface area (Å²) >= 11 is 0. The van der Waals surface area contributed by atoms with Gasteiger partial charge in [-0.1, -0.05) is 140 Å². The molecule has 2 unspecified atom stereocenters. The van der Waals surface area contributed by atoms with Crippen LogP contribution < -0.4 is 5.32 Å². The van der Waals surface area contributed by atoms with E-state index in [1.54, 1.807) is 0 Å². The Morgan fingerprint density at radius 3 is 2.02 bits per heavy atom. The number of aliphatic imine (C=N–C) groups is 2. The molecule has 0 amide bonds. The minimum Gasteiger partial charge on any atom is -0.348 e. The number of nitrogens with one attached hydrogen (secondary N) is 1. The molecule has 0 saturated carbocycles. The molecule has 2 heterocycles. The Hall–Kier alpha value is -7.54. The molecular weight excluding hydrogens is 721 g/mol. The fourth-order valence-corrected chi connectivity index (χ4v) is 8.91. The van der Waals surface area contributed by atoms with Crippen molar-refractivity contribution in [2.75, 3.05) is 0 Å². The predicted octanol–water partition coefficient (Wildman–Crippen LogP) is 13.1. The second-order valence-corrected chi connectivity index (χ2v) is 15.4. The van der Waals surface area contributed by atoms with Gasteiger partial charge in [-0.05, 0) is 94.6 Å². The molecule has 59 heavy (non-hydrogen) atoms. The molecule has 1 N–H and O–H groups in total. The van der Waals surface area contributed by atoms with E-state index in [9.17, 15) is 0 Å². The lowest BCUT2D eigenvalue weighted by Crippen LogP contribution is -2.44. The highest BCUT2D eigenvalue weighted by Gasteiger charge is 2.34. The lowest BCUT2D eigenvalue weighted by atomic mass is 9.79. The van der Waals surface area contributed by atoms with Crippen LogP contribution in [0.4, 0.5) is 11.4 Å². The average molecular weight is 761 g/mol. The van der Waals surface area contributed by atoms with Gasteiger partial charge in [-0.3, -0.25) is 0 Å². The van der Waals surface area contributed by atoms with Crippen molar-refractivity contribution >= 4 is 50.5 Å². The zero-order valence-corrected chi connectivity index (χ0v) is 32.5. The molecule has 6 aromatic rings. The Morgan fingerprint density at radius 2 is 1.37 bits per heavy atom. The second kappa shape index (κ2) is 15.4. The number of rotatable bonds is 7. The topological polar surface area (TPSA) is 50.4 Å². The number of fused-ring (bicyclic) bond motifs is 3. The quantitative estimate of drug-likeness (QED) is 0.162. The van der Waals surface area contributed by atoms with Gasteiger partial charge in [0.15, 0.2) is 17.2 Å². The van der Waals surface area contributed by atoms with E-state index >= 15 is 0 Å². The standard InChI is InChI=1S/C53H40N6/c1-54-42-27-29-48-46(33-42)47-34-43(55-2)28-30-49(47)59(48)50-44(37-17-9-4-10-18-37)31-41(32-45(50)38-19-11-5-12-20-38)53-57-51(39-21-13-6-14-22-39)56-52(58-53)40-25-23-36(24-26-40)35-15-7-3-8-16-35/h3-4,6-11,13-21,23-30,32-34,39,44,51H,5,12,22,31H2,(H,56,57,58)/t39?,44?,51-/m1/s1. The first-order valence-corrected chi connectivity index (χ1v) is 20.3. The van der Waals surface area contributed by atoms with Gasteiger partial charge in [0.1, 0.15) is 12.0 Å². The van der Waals surface area contributed by atoms with Crippen LogP contribution in [0.25, 0.3) is 48.3 Å². The summed E-state index contributed by atoms with van der Waals surface area (Å²) in [4.78, 5) is 18.3. The van der Waals surface area contributed by atoms with Gasteiger partial charge in [0.25, 0.3) is 0 Å². The van der Waals surface area contributed by atoms with Crippen LogP contribution in [0.3, 0.4) is 0 Å². The van der Waals surface area contributed by atoms with Crippen molar-refractivity contribution in [3.8, 4) is 11.1 Å². The molecule has 0 bridgehead atoms. The Bertz CT molecular complexity index is 2900. The van der Waals surface area contributed by atoms with Crippen LogP contribution in [0, 0.1) is 19.1 Å². The first-order valence-electron chi connectivity index (χ1n) is 20.3. The molecule has 0 radical (unpaired) electrons. The van der Waals surface area contributed by atoms with Crippen LogP contribution in [0.5, 0.6) is 0 Å². The number of benzene rings is 5. The molecule has 4 aliphatic rings. The Morgan fingerprint density at radius 1 is 0.695 bits per heavy atom. The van der Waals surface area contributed by atoms with Crippen molar-refractivity contribution in [1.29, 1.82) is 0 Å². The van der Waals surface area contributed by atoms with E-state index in [2.05, 4.69) is 159 Å². The van der Waals surface area contributed by atoms with Gasteiger partial charge in [0, 0.05) is 28.7 Å². The maximum Gasteiger partial charge on any atom is 0.188 e. The van der Waals surface area contributed by atoms with Crippen LogP contribution in [-0.4, -0.2) is 22.4 Å². The molecule has 0 spiro atoms. The number of allylic oxidation sites excluding steroid dienone is 10.